The summed E-state index contributed by atoms with van der Waals surface area (Å²) in [6, 6.07) is 1.26. The normalized spacial score (nSPS) is 36.8. The van der Waals surface area contributed by atoms with Crippen molar-refractivity contribution in [1.29, 1.82) is 0 Å². The van der Waals surface area contributed by atoms with Crippen molar-refractivity contribution in [3.63, 3.8) is 0 Å². The Balaban J connectivity index is 1.76. The summed E-state index contributed by atoms with van der Waals surface area (Å²) in [6.45, 7) is 9.52. The number of carbonyl (C=O) groups excluding carboxylic acids is 1. The van der Waals surface area contributed by atoms with E-state index in [1.54, 1.807) is 0 Å². The summed E-state index contributed by atoms with van der Waals surface area (Å²) < 4.78 is 5.14. The second kappa shape index (κ2) is 6.46. The number of nitrogens with one attached hydrogen (secondary N) is 1. The van der Waals surface area contributed by atoms with Gasteiger partial charge in [-0.1, -0.05) is 20.8 Å². The van der Waals surface area contributed by atoms with Crippen LogP contribution in [0.2, 0.25) is 0 Å². The first kappa shape index (κ1) is 15.8. The van der Waals surface area contributed by atoms with Crippen LogP contribution in [-0.4, -0.2) is 24.7 Å². The molecule has 116 valence electrons. The molecule has 0 aromatic heterocycles. The van der Waals surface area contributed by atoms with Crippen LogP contribution in [0.3, 0.4) is 0 Å². The Morgan fingerprint density at radius 3 is 2.35 bits per heavy atom. The highest BCUT2D eigenvalue weighted by Crippen LogP contribution is 2.41. The first-order chi connectivity index (χ1) is 9.41. The maximum atomic E-state index is 11.7. The fourth-order valence-electron chi connectivity index (χ4n) is 4.18. The van der Waals surface area contributed by atoms with E-state index in [-0.39, 0.29) is 11.9 Å². The molecule has 2 fully saturated rings. The van der Waals surface area contributed by atoms with E-state index >= 15 is 0 Å². The first-order valence-corrected chi connectivity index (χ1v) is 8.34. The van der Waals surface area contributed by atoms with E-state index in [9.17, 15) is 4.79 Å². The summed E-state index contributed by atoms with van der Waals surface area (Å²) >= 11 is 0. The van der Waals surface area contributed by atoms with Crippen molar-refractivity contribution in [2.24, 2.45) is 17.3 Å². The first-order valence-electron chi connectivity index (χ1n) is 8.34. The van der Waals surface area contributed by atoms with Gasteiger partial charge in [0.1, 0.15) is 0 Å². The fourth-order valence-corrected chi connectivity index (χ4v) is 4.18. The molecule has 0 saturated heterocycles. The summed E-state index contributed by atoms with van der Waals surface area (Å²) in [5.41, 5.74) is 0.485. The van der Waals surface area contributed by atoms with Crippen molar-refractivity contribution in [1.82, 2.24) is 5.32 Å². The van der Waals surface area contributed by atoms with Crippen LogP contribution < -0.4 is 5.32 Å². The molecule has 3 nitrogen and oxygen atoms in total. The van der Waals surface area contributed by atoms with Gasteiger partial charge in [0.05, 0.1) is 12.5 Å². The number of hydrogen-bond donors (Lipinski definition) is 1. The highest BCUT2D eigenvalue weighted by Gasteiger charge is 2.38. The van der Waals surface area contributed by atoms with Gasteiger partial charge in [0, 0.05) is 12.1 Å². The van der Waals surface area contributed by atoms with Crippen LogP contribution in [-0.2, 0) is 9.53 Å². The maximum absolute atomic E-state index is 11.7. The number of esters is 1. The van der Waals surface area contributed by atoms with Gasteiger partial charge in [-0.25, -0.2) is 0 Å². The van der Waals surface area contributed by atoms with E-state index in [1.165, 1.54) is 12.8 Å². The van der Waals surface area contributed by atoms with E-state index in [0.717, 1.165) is 31.6 Å². The van der Waals surface area contributed by atoms with E-state index in [2.05, 4.69) is 26.1 Å². The molecular weight excluding hydrogens is 250 g/mol. The third kappa shape index (κ3) is 3.97. The van der Waals surface area contributed by atoms with Crippen molar-refractivity contribution >= 4 is 5.97 Å². The summed E-state index contributed by atoms with van der Waals surface area (Å²) in [7, 11) is 0. The van der Waals surface area contributed by atoms with Crippen LogP contribution in [0, 0.1) is 17.3 Å². The van der Waals surface area contributed by atoms with E-state index in [0.29, 0.717) is 24.1 Å². The van der Waals surface area contributed by atoms with Gasteiger partial charge in [0.2, 0.25) is 0 Å². The number of carbonyl (C=O) groups is 1. The second-order valence-corrected chi connectivity index (χ2v) is 7.62. The van der Waals surface area contributed by atoms with E-state index in [4.69, 9.17) is 4.74 Å². The molecule has 0 aromatic carbocycles. The summed E-state index contributed by atoms with van der Waals surface area (Å²) in [5.74, 6) is 0.930. The topological polar surface area (TPSA) is 38.3 Å². The molecule has 1 N–H and O–H groups in total. The highest BCUT2D eigenvalue weighted by molar-refractivity contribution is 5.72. The molecule has 0 aliphatic heterocycles. The second-order valence-electron chi connectivity index (χ2n) is 7.62. The molecule has 0 heterocycles. The third-order valence-electron chi connectivity index (χ3n) is 5.13. The van der Waals surface area contributed by atoms with Gasteiger partial charge in [-0.3, -0.25) is 4.79 Å². The summed E-state index contributed by atoms with van der Waals surface area (Å²) in [4.78, 5) is 11.7. The fraction of sp³-hybridized carbons (Fsp3) is 0.941. The van der Waals surface area contributed by atoms with Crippen molar-refractivity contribution in [2.45, 2.75) is 78.3 Å². The molecule has 0 radical (unpaired) electrons. The molecular formula is C17H31NO2. The zero-order valence-corrected chi connectivity index (χ0v) is 13.6. The minimum Gasteiger partial charge on any atom is -0.466 e. The molecule has 0 aromatic rings. The van der Waals surface area contributed by atoms with Crippen LogP contribution in [0.1, 0.15) is 66.2 Å². The SMILES string of the molecule is CCOC(=O)C1CCC(NC2CC(C)(C)CC2C)CC1. The standard InChI is InChI=1S/C17H31NO2/c1-5-20-16(19)13-6-8-14(9-7-13)18-15-11-17(3,4)10-12(15)2/h12-15,18H,5-11H2,1-4H3. The largest absolute Gasteiger partial charge is 0.466 e. The molecule has 0 spiro atoms. The molecule has 0 bridgehead atoms. The Morgan fingerprint density at radius 2 is 1.85 bits per heavy atom. The van der Waals surface area contributed by atoms with Gasteiger partial charge in [-0.2, -0.15) is 0 Å². The van der Waals surface area contributed by atoms with Gasteiger partial charge in [-0.15, -0.1) is 0 Å². The van der Waals surface area contributed by atoms with Crippen LogP contribution in [0.5, 0.6) is 0 Å². The molecule has 0 amide bonds. The number of hydrogen-bond acceptors (Lipinski definition) is 3. The Kier molecular flexibility index (Phi) is 5.11. The van der Waals surface area contributed by atoms with Crippen LogP contribution >= 0.6 is 0 Å². The van der Waals surface area contributed by atoms with Crippen molar-refractivity contribution < 1.29 is 9.53 Å². The number of ether oxygens (including phenoxy) is 1. The Morgan fingerprint density at radius 1 is 1.20 bits per heavy atom. The van der Waals surface area contributed by atoms with Gasteiger partial charge < -0.3 is 10.1 Å². The summed E-state index contributed by atoms with van der Waals surface area (Å²) in [6.07, 6.45) is 6.82. The maximum Gasteiger partial charge on any atom is 0.308 e. The zero-order valence-electron chi connectivity index (χ0n) is 13.6. The van der Waals surface area contributed by atoms with Crippen LogP contribution in [0.25, 0.3) is 0 Å². The molecule has 2 rings (SSSR count). The average Bonchev–Trinajstić information content (AvgIpc) is 2.63. The smallest absolute Gasteiger partial charge is 0.308 e. The predicted molar refractivity (Wildman–Crippen MR) is 81.5 cm³/mol. The Labute approximate surface area is 123 Å². The minimum absolute atomic E-state index is 0.0151. The van der Waals surface area contributed by atoms with Gasteiger partial charge >= 0.3 is 5.97 Å². The minimum atomic E-state index is 0.0151. The average molecular weight is 281 g/mol. The molecule has 2 unspecified atom stereocenters. The lowest BCUT2D eigenvalue weighted by molar-refractivity contribution is -0.149. The van der Waals surface area contributed by atoms with Gasteiger partial charge in [0.25, 0.3) is 0 Å². The van der Waals surface area contributed by atoms with Crippen molar-refractivity contribution in [3.05, 3.63) is 0 Å². The van der Waals surface area contributed by atoms with Gasteiger partial charge in [-0.05, 0) is 56.8 Å². The quantitative estimate of drug-likeness (QED) is 0.801. The van der Waals surface area contributed by atoms with Crippen LogP contribution in [0.4, 0.5) is 0 Å². The lowest BCUT2D eigenvalue weighted by Crippen LogP contribution is -2.42. The zero-order chi connectivity index (χ0) is 14.8. The molecule has 2 aliphatic rings. The molecule has 2 saturated carbocycles. The van der Waals surface area contributed by atoms with Gasteiger partial charge in [0.15, 0.2) is 0 Å². The molecule has 3 heteroatoms. The third-order valence-corrected chi connectivity index (χ3v) is 5.13. The van der Waals surface area contributed by atoms with E-state index in [1.807, 2.05) is 6.92 Å². The lowest BCUT2D eigenvalue weighted by Gasteiger charge is -2.31. The van der Waals surface area contributed by atoms with E-state index < -0.39 is 0 Å². The summed E-state index contributed by atoms with van der Waals surface area (Å²) in [5, 5.41) is 3.86. The van der Waals surface area contributed by atoms with Crippen LogP contribution in [0.15, 0.2) is 0 Å². The Hall–Kier alpha value is -0.570. The predicted octanol–water partition coefficient (Wildman–Crippen LogP) is 3.52. The molecule has 20 heavy (non-hydrogen) atoms. The highest BCUT2D eigenvalue weighted by atomic mass is 16.5. The lowest BCUT2D eigenvalue weighted by atomic mass is 9.85. The van der Waals surface area contributed by atoms with Crippen molar-refractivity contribution in [3.8, 4) is 0 Å². The molecule has 2 aliphatic carbocycles. The monoisotopic (exact) mass is 281 g/mol. The van der Waals surface area contributed by atoms with Crippen molar-refractivity contribution in [2.75, 3.05) is 6.61 Å². The number of rotatable bonds is 4. The molecule has 2 atom stereocenters. The Bertz CT molecular complexity index is 332.